The summed E-state index contributed by atoms with van der Waals surface area (Å²) >= 11 is 1.47. The van der Waals surface area contributed by atoms with Crippen LogP contribution in [0.15, 0.2) is 77.2 Å². The zero-order chi connectivity index (χ0) is 15.2. The molecule has 22 heavy (non-hydrogen) atoms. The van der Waals surface area contributed by atoms with Gasteiger partial charge in [-0.15, -0.1) is 10.2 Å². The van der Waals surface area contributed by atoms with Gasteiger partial charge in [0, 0.05) is 12.6 Å². The number of para-hydroxylation sites is 1. The molecule has 110 valence electrons. The smallest absolute Gasteiger partial charge is 0.197 e. The van der Waals surface area contributed by atoms with Gasteiger partial charge in [0.1, 0.15) is 11.4 Å². The standard InChI is InChI=1S/C16H15N5S/c1-21-12-17-20-16(21)22-15(13-8-4-2-5-9-13)19-18-14-10-6-3-7-11-14/h2-12,18H,1H3/b19-15-. The van der Waals surface area contributed by atoms with Crippen LogP contribution in [0.25, 0.3) is 0 Å². The van der Waals surface area contributed by atoms with Crippen molar-refractivity contribution in [1.29, 1.82) is 0 Å². The lowest BCUT2D eigenvalue weighted by atomic mass is 10.2. The van der Waals surface area contributed by atoms with Gasteiger partial charge in [-0.2, -0.15) is 5.10 Å². The maximum Gasteiger partial charge on any atom is 0.197 e. The van der Waals surface area contributed by atoms with Crippen molar-refractivity contribution in [3.05, 3.63) is 72.6 Å². The molecule has 0 bridgehead atoms. The van der Waals surface area contributed by atoms with Crippen LogP contribution in [0, 0.1) is 0 Å². The average Bonchev–Trinajstić information content (AvgIpc) is 2.98. The number of aromatic nitrogens is 3. The molecule has 1 aromatic heterocycles. The first-order chi connectivity index (χ1) is 10.8. The highest BCUT2D eigenvalue weighted by Gasteiger charge is 2.10. The van der Waals surface area contributed by atoms with Crippen LogP contribution in [0.4, 0.5) is 5.69 Å². The van der Waals surface area contributed by atoms with E-state index in [2.05, 4.69) is 20.7 Å². The molecule has 0 fully saturated rings. The highest BCUT2D eigenvalue weighted by atomic mass is 32.2. The number of anilines is 1. The Balaban J connectivity index is 1.87. The summed E-state index contributed by atoms with van der Waals surface area (Å²) in [5.74, 6) is 0. The van der Waals surface area contributed by atoms with Gasteiger partial charge in [0.25, 0.3) is 0 Å². The minimum absolute atomic E-state index is 0.789. The van der Waals surface area contributed by atoms with E-state index in [-0.39, 0.29) is 0 Å². The zero-order valence-electron chi connectivity index (χ0n) is 12.0. The lowest BCUT2D eigenvalue weighted by Crippen LogP contribution is -2.02. The first-order valence-electron chi connectivity index (χ1n) is 6.79. The number of nitrogens with one attached hydrogen (secondary N) is 1. The average molecular weight is 309 g/mol. The highest BCUT2D eigenvalue weighted by molar-refractivity contribution is 8.14. The normalized spacial score (nSPS) is 11.4. The topological polar surface area (TPSA) is 55.1 Å². The van der Waals surface area contributed by atoms with Crippen molar-refractivity contribution in [2.45, 2.75) is 5.16 Å². The lowest BCUT2D eigenvalue weighted by molar-refractivity contribution is 0.791. The molecule has 1 heterocycles. The maximum absolute atomic E-state index is 4.53. The third kappa shape index (κ3) is 3.53. The van der Waals surface area contributed by atoms with E-state index in [1.807, 2.05) is 72.3 Å². The summed E-state index contributed by atoms with van der Waals surface area (Å²) in [7, 11) is 1.91. The molecule has 0 aliphatic carbocycles. The van der Waals surface area contributed by atoms with Crippen molar-refractivity contribution in [1.82, 2.24) is 14.8 Å². The fourth-order valence-corrected chi connectivity index (χ4v) is 2.60. The van der Waals surface area contributed by atoms with Gasteiger partial charge in [0.05, 0.1) is 5.69 Å². The van der Waals surface area contributed by atoms with Crippen molar-refractivity contribution in [2.75, 3.05) is 5.43 Å². The van der Waals surface area contributed by atoms with Gasteiger partial charge in [-0.05, 0) is 23.9 Å². The number of nitrogens with zero attached hydrogens (tertiary/aromatic N) is 4. The molecule has 3 rings (SSSR count). The van der Waals surface area contributed by atoms with E-state index < -0.39 is 0 Å². The Labute approximate surface area is 133 Å². The summed E-state index contributed by atoms with van der Waals surface area (Å²) in [6.07, 6.45) is 1.68. The van der Waals surface area contributed by atoms with Gasteiger partial charge in [-0.1, -0.05) is 48.5 Å². The van der Waals surface area contributed by atoms with E-state index in [9.17, 15) is 0 Å². The molecule has 1 N–H and O–H groups in total. The Hall–Kier alpha value is -2.60. The van der Waals surface area contributed by atoms with Crippen molar-refractivity contribution in [3.8, 4) is 0 Å². The largest absolute Gasteiger partial charge is 0.311 e. The van der Waals surface area contributed by atoms with Crippen LogP contribution >= 0.6 is 11.8 Å². The van der Waals surface area contributed by atoms with E-state index in [0.717, 1.165) is 21.5 Å². The Morgan fingerprint density at radius 1 is 1.05 bits per heavy atom. The molecule has 0 aliphatic rings. The van der Waals surface area contributed by atoms with Crippen molar-refractivity contribution >= 4 is 22.5 Å². The van der Waals surface area contributed by atoms with Crippen LogP contribution in [-0.2, 0) is 7.05 Å². The number of thioether (sulfide) groups is 1. The maximum atomic E-state index is 4.53. The zero-order valence-corrected chi connectivity index (χ0v) is 12.9. The second-order valence-electron chi connectivity index (χ2n) is 4.59. The third-order valence-corrected chi connectivity index (χ3v) is 4.01. The molecule has 3 aromatic rings. The number of hydrogen-bond acceptors (Lipinski definition) is 5. The van der Waals surface area contributed by atoms with Crippen molar-refractivity contribution in [2.24, 2.45) is 12.1 Å². The number of rotatable bonds is 4. The Morgan fingerprint density at radius 3 is 2.36 bits per heavy atom. The fraction of sp³-hybridized carbons (Fsp3) is 0.0625. The van der Waals surface area contributed by atoms with Gasteiger partial charge in [-0.3, -0.25) is 5.43 Å². The van der Waals surface area contributed by atoms with E-state index in [4.69, 9.17) is 0 Å². The minimum atomic E-state index is 0.789. The Kier molecular flexibility index (Phi) is 4.50. The van der Waals surface area contributed by atoms with Crippen LogP contribution in [0.2, 0.25) is 0 Å². The van der Waals surface area contributed by atoms with Crippen LogP contribution < -0.4 is 5.43 Å². The number of aryl methyl sites for hydroxylation is 1. The van der Waals surface area contributed by atoms with E-state index in [1.54, 1.807) is 6.33 Å². The monoisotopic (exact) mass is 309 g/mol. The molecule has 5 nitrogen and oxygen atoms in total. The van der Waals surface area contributed by atoms with Gasteiger partial charge in [-0.25, -0.2) is 0 Å². The minimum Gasteiger partial charge on any atom is -0.311 e. The van der Waals surface area contributed by atoms with Gasteiger partial charge >= 0.3 is 0 Å². The summed E-state index contributed by atoms with van der Waals surface area (Å²) in [4.78, 5) is 0. The first kappa shape index (κ1) is 14.3. The van der Waals surface area contributed by atoms with Crippen LogP contribution in [0.5, 0.6) is 0 Å². The predicted molar refractivity (Wildman–Crippen MR) is 89.9 cm³/mol. The first-order valence-corrected chi connectivity index (χ1v) is 7.60. The van der Waals surface area contributed by atoms with Crippen molar-refractivity contribution in [3.63, 3.8) is 0 Å². The molecule has 0 aliphatic heterocycles. The molecular weight excluding hydrogens is 294 g/mol. The van der Waals surface area contributed by atoms with E-state index in [0.29, 0.717) is 0 Å². The van der Waals surface area contributed by atoms with Crippen molar-refractivity contribution < 1.29 is 0 Å². The fourth-order valence-electron chi connectivity index (χ4n) is 1.81. The van der Waals surface area contributed by atoms with Gasteiger partial charge in [0.15, 0.2) is 5.16 Å². The number of hydrogen-bond donors (Lipinski definition) is 1. The lowest BCUT2D eigenvalue weighted by Gasteiger charge is -2.07. The molecule has 0 saturated heterocycles. The SMILES string of the molecule is Cn1cnnc1S/C(=N\Nc1ccccc1)c1ccccc1. The Morgan fingerprint density at radius 2 is 1.73 bits per heavy atom. The molecular formula is C16H15N5S. The number of benzene rings is 2. The summed E-state index contributed by atoms with van der Waals surface area (Å²) in [6.45, 7) is 0. The van der Waals surface area contributed by atoms with E-state index in [1.165, 1.54) is 11.8 Å². The second-order valence-corrected chi connectivity index (χ2v) is 5.54. The van der Waals surface area contributed by atoms with Crippen LogP contribution in [-0.4, -0.2) is 19.8 Å². The predicted octanol–water partition coefficient (Wildman–Crippen LogP) is 3.38. The molecule has 6 heteroatoms. The summed E-state index contributed by atoms with van der Waals surface area (Å²) in [5.41, 5.74) is 5.05. The van der Waals surface area contributed by atoms with E-state index >= 15 is 0 Å². The summed E-state index contributed by atoms with van der Waals surface area (Å²) in [6, 6.07) is 19.9. The van der Waals surface area contributed by atoms with Crippen LogP contribution in [0.1, 0.15) is 5.56 Å². The molecule has 0 unspecified atom stereocenters. The van der Waals surface area contributed by atoms with Gasteiger partial charge < -0.3 is 4.57 Å². The quantitative estimate of drug-likeness (QED) is 0.347. The molecule has 2 aromatic carbocycles. The molecule has 0 atom stereocenters. The Bertz CT molecular complexity index is 752. The summed E-state index contributed by atoms with van der Waals surface area (Å²) in [5, 5.41) is 14.2. The highest BCUT2D eigenvalue weighted by Crippen LogP contribution is 2.21. The summed E-state index contributed by atoms with van der Waals surface area (Å²) < 4.78 is 1.87. The second kappa shape index (κ2) is 6.91. The molecule has 0 saturated carbocycles. The van der Waals surface area contributed by atoms with Crippen LogP contribution in [0.3, 0.4) is 0 Å². The van der Waals surface area contributed by atoms with Gasteiger partial charge in [0.2, 0.25) is 0 Å². The molecule has 0 amide bonds. The molecule has 0 spiro atoms. The molecule has 0 radical (unpaired) electrons. The number of hydrazone groups is 1. The third-order valence-electron chi connectivity index (χ3n) is 2.94.